The fraction of sp³-hybridized carbons (Fsp3) is 0.217. The molecule has 3 heteroatoms. The average molecular weight is 347 g/mol. The third kappa shape index (κ3) is 4.06. The highest BCUT2D eigenvalue weighted by Gasteiger charge is 2.14. The monoisotopic (exact) mass is 347 g/mol. The lowest BCUT2D eigenvalue weighted by Crippen LogP contribution is -2.15. The molecule has 2 N–H and O–H groups in total. The third-order valence-electron chi connectivity index (χ3n) is 4.71. The van der Waals surface area contributed by atoms with Crippen LogP contribution in [0.2, 0.25) is 0 Å². The summed E-state index contributed by atoms with van der Waals surface area (Å²) in [5, 5.41) is 0. The molecule has 0 heterocycles. The molecule has 0 amide bonds. The molecule has 0 aliphatic heterocycles. The Kier molecular flexibility index (Phi) is 5.92. The van der Waals surface area contributed by atoms with Crippen molar-refractivity contribution in [3.8, 4) is 22.6 Å². The van der Waals surface area contributed by atoms with E-state index in [0.717, 1.165) is 23.5 Å². The number of ether oxygens (including phenoxy) is 2. The number of methoxy groups -OCH3 is 2. The van der Waals surface area contributed by atoms with Gasteiger partial charge in [0.05, 0.1) is 14.2 Å². The van der Waals surface area contributed by atoms with Gasteiger partial charge in [-0.25, -0.2) is 0 Å². The van der Waals surface area contributed by atoms with E-state index < -0.39 is 0 Å². The van der Waals surface area contributed by atoms with Crippen LogP contribution in [0.25, 0.3) is 11.1 Å². The number of benzene rings is 3. The summed E-state index contributed by atoms with van der Waals surface area (Å²) >= 11 is 0. The first-order chi connectivity index (χ1) is 12.7. The van der Waals surface area contributed by atoms with Gasteiger partial charge in [-0.2, -0.15) is 0 Å². The highest BCUT2D eigenvalue weighted by molar-refractivity contribution is 5.63. The van der Waals surface area contributed by atoms with Crippen LogP contribution in [0.5, 0.6) is 11.5 Å². The largest absolute Gasteiger partial charge is 0.493 e. The van der Waals surface area contributed by atoms with Crippen molar-refractivity contribution in [2.45, 2.75) is 12.3 Å². The van der Waals surface area contributed by atoms with Crippen LogP contribution in [-0.4, -0.2) is 20.8 Å². The minimum absolute atomic E-state index is 0.234. The van der Waals surface area contributed by atoms with Crippen LogP contribution in [0.3, 0.4) is 0 Å². The molecule has 0 spiro atoms. The summed E-state index contributed by atoms with van der Waals surface area (Å²) in [5.41, 5.74) is 11.0. The fourth-order valence-electron chi connectivity index (χ4n) is 3.19. The summed E-state index contributed by atoms with van der Waals surface area (Å²) in [7, 11) is 3.30. The van der Waals surface area contributed by atoms with Gasteiger partial charge in [-0.3, -0.25) is 0 Å². The van der Waals surface area contributed by atoms with Gasteiger partial charge >= 0.3 is 0 Å². The van der Waals surface area contributed by atoms with Gasteiger partial charge in [0, 0.05) is 5.92 Å². The summed E-state index contributed by atoms with van der Waals surface area (Å²) < 4.78 is 10.7. The van der Waals surface area contributed by atoms with Gasteiger partial charge in [-0.05, 0) is 47.4 Å². The van der Waals surface area contributed by atoms with E-state index in [-0.39, 0.29) is 5.92 Å². The number of rotatable bonds is 7. The smallest absolute Gasteiger partial charge is 0.160 e. The van der Waals surface area contributed by atoms with E-state index in [1.807, 2.05) is 18.2 Å². The van der Waals surface area contributed by atoms with Crippen molar-refractivity contribution in [2.75, 3.05) is 20.8 Å². The zero-order chi connectivity index (χ0) is 18.4. The molecule has 0 aliphatic carbocycles. The van der Waals surface area contributed by atoms with Crippen LogP contribution >= 0.6 is 0 Å². The van der Waals surface area contributed by atoms with Crippen molar-refractivity contribution in [2.24, 2.45) is 5.73 Å². The minimum Gasteiger partial charge on any atom is -0.493 e. The van der Waals surface area contributed by atoms with Gasteiger partial charge in [0.15, 0.2) is 11.5 Å². The molecular weight excluding hydrogens is 322 g/mol. The molecule has 0 fully saturated rings. The Morgan fingerprint density at radius 1 is 0.769 bits per heavy atom. The predicted molar refractivity (Wildman–Crippen MR) is 107 cm³/mol. The second-order valence-corrected chi connectivity index (χ2v) is 6.31. The van der Waals surface area contributed by atoms with Crippen LogP contribution in [-0.2, 0) is 6.42 Å². The number of hydrogen-bond donors (Lipinski definition) is 1. The maximum atomic E-state index is 6.06. The number of hydrogen-bond acceptors (Lipinski definition) is 3. The lowest BCUT2D eigenvalue weighted by Gasteiger charge is -2.18. The fourth-order valence-corrected chi connectivity index (χ4v) is 3.19. The Hall–Kier alpha value is -2.78. The average Bonchev–Trinajstić information content (AvgIpc) is 2.72. The van der Waals surface area contributed by atoms with Gasteiger partial charge in [0.1, 0.15) is 0 Å². The molecule has 26 heavy (non-hydrogen) atoms. The highest BCUT2D eigenvalue weighted by atomic mass is 16.5. The zero-order valence-corrected chi connectivity index (χ0v) is 15.3. The Morgan fingerprint density at radius 3 is 2.04 bits per heavy atom. The topological polar surface area (TPSA) is 44.5 Å². The van der Waals surface area contributed by atoms with Crippen LogP contribution in [0.15, 0.2) is 72.8 Å². The predicted octanol–water partition coefficient (Wildman–Crippen LogP) is 4.66. The van der Waals surface area contributed by atoms with Gasteiger partial charge in [0.25, 0.3) is 0 Å². The van der Waals surface area contributed by atoms with E-state index in [1.165, 1.54) is 16.7 Å². The summed E-state index contributed by atoms with van der Waals surface area (Å²) in [4.78, 5) is 0. The summed E-state index contributed by atoms with van der Waals surface area (Å²) in [6, 6.07) is 25.2. The Labute approximate surface area is 155 Å². The molecule has 0 aliphatic rings. The van der Waals surface area contributed by atoms with E-state index in [0.29, 0.717) is 6.54 Å². The molecule has 3 nitrogen and oxygen atoms in total. The summed E-state index contributed by atoms with van der Waals surface area (Å²) in [6.45, 7) is 0.579. The zero-order valence-electron chi connectivity index (χ0n) is 15.3. The van der Waals surface area contributed by atoms with Gasteiger partial charge in [0.2, 0.25) is 0 Å². The molecule has 3 rings (SSSR count). The lowest BCUT2D eigenvalue weighted by molar-refractivity contribution is 0.354. The highest BCUT2D eigenvalue weighted by Crippen LogP contribution is 2.32. The maximum absolute atomic E-state index is 6.06. The van der Waals surface area contributed by atoms with Crippen molar-refractivity contribution in [1.29, 1.82) is 0 Å². The van der Waals surface area contributed by atoms with Crippen LogP contribution < -0.4 is 15.2 Å². The molecule has 0 saturated carbocycles. The lowest BCUT2D eigenvalue weighted by atomic mass is 9.91. The van der Waals surface area contributed by atoms with Crippen molar-refractivity contribution in [3.63, 3.8) is 0 Å². The minimum atomic E-state index is 0.234. The van der Waals surface area contributed by atoms with E-state index in [4.69, 9.17) is 15.2 Å². The van der Waals surface area contributed by atoms with Crippen molar-refractivity contribution >= 4 is 0 Å². The molecule has 0 saturated heterocycles. The molecule has 3 aromatic carbocycles. The van der Waals surface area contributed by atoms with E-state index >= 15 is 0 Å². The first-order valence-corrected chi connectivity index (χ1v) is 8.81. The quantitative estimate of drug-likeness (QED) is 0.676. The molecule has 0 aromatic heterocycles. The molecule has 0 radical (unpaired) electrons. The second-order valence-electron chi connectivity index (χ2n) is 6.31. The SMILES string of the molecule is COc1ccc(C(CN)Cc2ccc(-c3ccccc3)cc2)cc1OC. The molecule has 1 unspecified atom stereocenters. The maximum Gasteiger partial charge on any atom is 0.160 e. The van der Waals surface area contributed by atoms with Crippen LogP contribution in [0.1, 0.15) is 17.0 Å². The molecule has 134 valence electrons. The summed E-state index contributed by atoms with van der Waals surface area (Å²) in [6.07, 6.45) is 0.890. The Balaban J connectivity index is 1.78. The third-order valence-corrected chi connectivity index (χ3v) is 4.71. The van der Waals surface area contributed by atoms with E-state index in [2.05, 4.69) is 54.6 Å². The van der Waals surface area contributed by atoms with Crippen LogP contribution in [0, 0.1) is 0 Å². The van der Waals surface area contributed by atoms with Gasteiger partial charge < -0.3 is 15.2 Å². The summed E-state index contributed by atoms with van der Waals surface area (Å²) in [5.74, 6) is 1.71. The first-order valence-electron chi connectivity index (χ1n) is 8.81. The Bertz CT molecular complexity index is 829. The van der Waals surface area contributed by atoms with E-state index in [9.17, 15) is 0 Å². The van der Waals surface area contributed by atoms with Crippen molar-refractivity contribution in [1.82, 2.24) is 0 Å². The second kappa shape index (κ2) is 8.54. The Morgan fingerprint density at radius 2 is 1.42 bits per heavy atom. The van der Waals surface area contributed by atoms with Gasteiger partial charge in [-0.15, -0.1) is 0 Å². The molecule has 1 atom stereocenters. The van der Waals surface area contributed by atoms with Crippen molar-refractivity contribution < 1.29 is 9.47 Å². The van der Waals surface area contributed by atoms with Crippen LogP contribution in [0.4, 0.5) is 0 Å². The van der Waals surface area contributed by atoms with Gasteiger partial charge in [-0.1, -0.05) is 60.7 Å². The molecule has 3 aromatic rings. The van der Waals surface area contributed by atoms with E-state index in [1.54, 1.807) is 14.2 Å². The first kappa shape index (κ1) is 18.0. The standard InChI is InChI=1S/C23H25NO2/c1-25-22-13-12-20(15-23(22)26-2)21(16-24)14-17-8-10-19(11-9-17)18-6-4-3-5-7-18/h3-13,15,21H,14,16,24H2,1-2H3. The van der Waals surface area contributed by atoms with Crippen molar-refractivity contribution in [3.05, 3.63) is 83.9 Å². The normalized spacial score (nSPS) is 11.8. The molecular formula is C23H25NO2. The number of nitrogens with two attached hydrogens (primary N) is 1. The molecule has 0 bridgehead atoms.